The van der Waals surface area contributed by atoms with E-state index >= 15 is 0 Å². The fraction of sp³-hybridized carbons (Fsp3) is 0.462. The van der Waals surface area contributed by atoms with E-state index in [4.69, 9.17) is 4.42 Å². The summed E-state index contributed by atoms with van der Waals surface area (Å²) in [7, 11) is -3.51. The van der Waals surface area contributed by atoms with Crippen molar-refractivity contribution in [1.82, 2.24) is 9.29 Å². The zero-order valence-corrected chi connectivity index (χ0v) is 11.9. The van der Waals surface area contributed by atoms with Gasteiger partial charge in [0, 0.05) is 13.1 Å². The maximum atomic E-state index is 12.6. The van der Waals surface area contributed by atoms with Crippen molar-refractivity contribution >= 4 is 21.1 Å². The van der Waals surface area contributed by atoms with Gasteiger partial charge in [-0.05, 0) is 37.0 Å². The van der Waals surface area contributed by atoms with Crippen LogP contribution in [0.25, 0.3) is 11.1 Å². The molecule has 7 heteroatoms. The van der Waals surface area contributed by atoms with Crippen LogP contribution in [-0.4, -0.2) is 30.8 Å². The summed E-state index contributed by atoms with van der Waals surface area (Å²) in [5.74, 6) is -0.211. The van der Waals surface area contributed by atoms with E-state index in [-0.39, 0.29) is 4.90 Å². The third-order valence-electron chi connectivity index (χ3n) is 3.65. The van der Waals surface area contributed by atoms with Gasteiger partial charge in [-0.15, -0.1) is 0 Å². The van der Waals surface area contributed by atoms with Gasteiger partial charge in [0.05, 0.1) is 10.4 Å². The summed E-state index contributed by atoms with van der Waals surface area (Å²) >= 11 is 0. The maximum Gasteiger partial charge on any atom is 0.417 e. The van der Waals surface area contributed by atoms with Crippen LogP contribution in [0.5, 0.6) is 0 Å². The van der Waals surface area contributed by atoms with Crippen LogP contribution >= 0.6 is 0 Å². The van der Waals surface area contributed by atoms with Gasteiger partial charge in [0.1, 0.15) is 0 Å². The number of H-pyrrole nitrogens is 1. The number of piperidine rings is 1. The minimum Gasteiger partial charge on any atom is -0.408 e. The van der Waals surface area contributed by atoms with E-state index in [1.54, 1.807) is 0 Å². The van der Waals surface area contributed by atoms with E-state index in [1.807, 2.05) is 0 Å². The normalized spacial score (nSPS) is 21.4. The van der Waals surface area contributed by atoms with E-state index in [0.29, 0.717) is 30.1 Å². The predicted molar refractivity (Wildman–Crippen MR) is 74.0 cm³/mol. The SMILES string of the molecule is CC1CCCN(S(=O)(=O)c2ccc3oc(=O)[nH]c3c2)C1. The highest BCUT2D eigenvalue weighted by Gasteiger charge is 2.28. The van der Waals surface area contributed by atoms with Gasteiger partial charge in [-0.1, -0.05) is 6.92 Å². The molecule has 1 atom stereocenters. The number of aromatic nitrogens is 1. The number of fused-ring (bicyclic) bond motifs is 1. The molecule has 6 nitrogen and oxygen atoms in total. The molecule has 0 saturated carbocycles. The molecule has 20 heavy (non-hydrogen) atoms. The van der Waals surface area contributed by atoms with E-state index in [0.717, 1.165) is 12.8 Å². The molecule has 2 aromatic rings. The summed E-state index contributed by atoms with van der Waals surface area (Å²) in [5.41, 5.74) is 0.766. The Morgan fingerprint density at radius 3 is 2.95 bits per heavy atom. The van der Waals surface area contributed by atoms with Crippen LogP contribution in [0.2, 0.25) is 0 Å². The molecular weight excluding hydrogens is 280 g/mol. The fourth-order valence-electron chi connectivity index (χ4n) is 2.61. The smallest absolute Gasteiger partial charge is 0.408 e. The van der Waals surface area contributed by atoms with Gasteiger partial charge in [0.25, 0.3) is 0 Å². The molecule has 2 heterocycles. The molecule has 1 aliphatic heterocycles. The summed E-state index contributed by atoms with van der Waals surface area (Å²) in [4.78, 5) is 13.8. The van der Waals surface area contributed by atoms with Crippen molar-refractivity contribution in [3.05, 3.63) is 28.7 Å². The first-order valence-corrected chi connectivity index (χ1v) is 8.04. The van der Waals surface area contributed by atoms with Crippen molar-refractivity contribution in [2.45, 2.75) is 24.7 Å². The summed E-state index contributed by atoms with van der Waals surface area (Å²) in [6.07, 6.45) is 1.94. The number of hydrogen-bond acceptors (Lipinski definition) is 4. The zero-order chi connectivity index (χ0) is 14.3. The quantitative estimate of drug-likeness (QED) is 0.911. The molecule has 0 bridgehead atoms. The lowest BCUT2D eigenvalue weighted by Crippen LogP contribution is -2.39. The topological polar surface area (TPSA) is 83.4 Å². The first kappa shape index (κ1) is 13.4. The molecule has 1 saturated heterocycles. The van der Waals surface area contributed by atoms with Crippen molar-refractivity contribution in [3.63, 3.8) is 0 Å². The largest absolute Gasteiger partial charge is 0.417 e. The summed E-state index contributed by atoms with van der Waals surface area (Å²) in [6.45, 7) is 3.15. The number of nitrogens with zero attached hydrogens (tertiary/aromatic N) is 1. The number of benzene rings is 1. The molecule has 1 aromatic heterocycles. The first-order valence-electron chi connectivity index (χ1n) is 6.60. The minimum absolute atomic E-state index is 0.191. The third-order valence-corrected chi connectivity index (χ3v) is 5.51. The summed E-state index contributed by atoms with van der Waals surface area (Å²) < 4.78 is 31.6. The van der Waals surface area contributed by atoms with Gasteiger partial charge in [0.2, 0.25) is 10.0 Å². The molecule has 1 N–H and O–H groups in total. The van der Waals surface area contributed by atoms with Crippen molar-refractivity contribution in [1.29, 1.82) is 0 Å². The highest BCUT2D eigenvalue weighted by Crippen LogP contribution is 2.25. The monoisotopic (exact) mass is 296 g/mol. The Balaban J connectivity index is 2.01. The van der Waals surface area contributed by atoms with E-state index < -0.39 is 15.8 Å². The van der Waals surface area contributed by atoms with Gasteiger partial charge in [-0.2, -0.15) is 4.31 Å². The number of oxazole rings is 1. The fourth-order valence-corrected chi connectivity index (χ4v) is 4.23. The Kier molecular flexibility index (Phi) is 3.18. The van der Waals surface area contributed by atoms with Crippen molar-refractivity contribution < 1.29 is 12.8 Å². The third kappa shape index (κ3) is 2.27. The lowest BCUT2D eigenvalue weighted by atomic mass is 10.0. The second-order valence-corrected chi connectivity index (χ2v) is 7.22. The van der Waals surface area contributed by atoms with Crippen molar-refractivity contribution in [3.8, 4) is 0 Å². The van der Waals surface area contributed by atoms with Crippen LogP contribution < -0.4 is 5.76 Å². The first-order chi connectivity index (χ1) is 9.46. The molecular formula is C13H16N2O4S. The van der Waals surface area contributed by atoms with Gasteiger partial charge in [0.15, 0.2) is 5.58 Å². The number of hydrogen-bond donors (Lipinski definition) is 1. The highest BCUT2D eigenvalue weighted by molar-refractivity contribution is 7.89. The van der Waals surface area contributed by atoms with Gasteiger partial charge in [-0.25, -0.2) is 13.2 Å². The van der Waals surface area contributed by atoms with Gasteiger partial charge >= 0.3 is 5.76 Å². The van der Waals surface area contributed by atoms with Gasteiger partial charge in [-0.3, -0.25) is 4.98 Å². The average molecular weight is 296 g/mol. The summed E-state index contributed by atoms with van der Waals surface area (Å²) in [6, 6.07) is 4.44. The Morgan fingerprint density at radius 1 is 1.40 bits per heavy atom. The van der Waals surface area contributed by atoms with Crippen LogP contribution in [0.1, 0.15) is 19.8 Å². The Labute approximate surface area is 116 Å². The van der Waals surface area contributed by atoms with E-state index in [9.17, 15) is 13.2 Å². The lowest BCUT2D eigenvalue weighted by Gasteiger charge is -2.29. The van der Waals surface area contributed by atoms with Crippen LogP contribution in [-0.2, 0) is 10.0 Å². The molecule has 0 amide bonds. The molecule has 0 spiro atoms. The molecule has 0 aliphatic carbocycles. The number of aromatic amines is 1. The van der Waals surface area contributed by atoms with Crippen LogP contribution in [0, 0.1) is 5.92 Å². The summed E-state index contributed by atoms with van der Waals surface area (Å²) in [5, 5.41) is 0. The van der Waals surface area contributed by atoms with Crippen LogP contribution in [0.3, 0.4) is 0 Å². The van der Waals surface area contributed by atoms with E-state index in [2.05, 4.69) is 11.9 Å². The van der Waals surface area contributed by atoms with Crippen molar-refractivity contribution in [2.24, 2.45) is 5.92 Å². The molecule has 1 aliphatic rings. The van der Waals surface area contributed by atoms with Crippen LogP contribution in [0.15, 0.2) is 32.3 Å². The Morgan fingerprint density at radius 2 is 2.20 bits per heavy atom. The maximum absolute atomic E-state index is 12.6. The number of rotatable bonds is 2. The van der Waals surface area contributed by atoms with E-state index in [1.165, 1.54) is 22.5 Å². The molecule has 0 radical (unpaired) electrons. The molecule has 108 valence electrons. The number of sulfonamides is 1. The molecule has 3 rings (SSSR count). The Bertz CT molecular complexity index is 790. The second kappa shape index (κ2) is 4.75. The number of nitrogens with one attached hydrogen (secondary N) is 1. The lowest BCUT2D eigenvalue weighted by molar-refractivity contribution is 0.281. The molecule has 1 unspecified atom stereocenters. The predicted octanol–water partition coefficient (Wildman–Crippen LogP) is 1.54. The standard InChI is InChI=1S/C13H16N2O4S/c1-9-3-2-6-15(8-9)20(17,18)10-4-5-12-11(7-10)14-13(16)19-12/h4-5,7,9H,2-3,6,8H2,1H3,(H,14,16). The van der Waals surface area contributed by atoms with Crippen molar-refractivity contribution in [2.75, 3.05) is 13.1 Å². The average Bonchev–Trinajstić information content (AvgIpc) is 2.77. The van der Waals surface area contributed by atoms with Crippen LogP contribution in [0.4, 0.5) is 0 Å². The minimum atomic E-state index is -3.51. The Hall–Kier alpha value is -1.60. The van der Waals surface area contributed by atoms with Gasteiger partial charge < -0.3 is 4.42 Å². The zero-order valence-electron chi connectivity index (χ0n) is 11.1. The molecule has 1 aromatic carbocycles. The second-order valence-electron chi connectivity index (χ2n) is 5.28. The molecule has 1 fully saturated rings. The highest BCUT2D eigenvalue weighted by atomic mass is 32.2.